The van der Waals surface area contributed by atoms with Crippen molar-refractivity contribution in [1.29, 1.82) is 0 Å². The maximum absolute atomic E-state index is 14.3. The fourth-order valence-corrected chi connectivity index (χ4v) is 4.06. The Bertz CT molecular complexity index is 1010. The SMILES string of the molecule is C\C1=C/C(F)=C\N=C\CCC(C)NC(=O)n2ccc3ccc(nc32)N2CCCC12. The predicted octanol–water partition coefficient (Wildman–Crippen LogP) is 4.57. The Balaban J connectivity index is 1.77. The summed E-state index contributed by atoms with van der Waals surface area (Å²) in [5, 5.41) is 3.92. The number of halogens is 1. The molecule has 0 radical (unpaired) electrons. The number of anilines is 1. The van der Waals surface area contributed by atoms with Crippen molar-refractivity contribution in [3.8, 4) is 0 Å². The van der Waals surface area contributed by atoms with E-state index in [2.05, 4.69) is 15.2 Å². The summed E-state index contributed by atoms with van der Waals surface area (Å²) in [7, 11) is 0. The number of pyridine rings is 1. The minimum atomic E-state index is -0.353. The third-order valence-corrected chi connectivity index (χ3v) is 5.58. The fourth-order valence-electron chi connectivity index (χ4n) is 4.06. The van der Waals surface area contributed by atoms with Gasteiger partial charge >= 0.3 is 6.03 Å². The third kappa shape index (κ3) is 4.09. The molecule has 6 nitrogen and oxygen atoms in total. The van der Waals surface area contributed by atoms with E-state index in [4.69, 9.17) is 4.98 Å². The Kier molecular flexibility index (Phi) is 5.47. The first-order valence-electron chi connectivity index (χ1n) is 10.1. The van der Waals surface area contributed by atoms with Crippen LogP contribution in [0.25, 0.3) is 11.0 Å². The van der Waals surface area contributed by atoms with Crippen LogP contribution in [0.2, 0.25) is 0 Å². The van der Waals surface area contributed by atoms with Crippen molar-refractivity contribution in [2.24, 2.45) is 4.99 Å². The zero-order valence-corrected chi connectivity index (χ0v) is 16.8. The van der Waals surface area contributed by atoms with Gasteiger partial charge in [0, 0.05) is 30.4 Å². The maximum Gasteiger partial charge on any atom is 0.327 e. The van der Waals surface area contributed by atoms with Crippen molar-refractivity contribution >= 4 is 29.1 Å². The van der Waals surface area contributed by atoms with E-state index in [1.54, 1.807) is 23.1 Å². The molecule has 0 aliphatic carbocycles. The van der Waals surface area contributed by atoms with E-state index >= 15 is 0 Å². The topological polar surface area (TPSA) is 62.5 Å². The number of amides is 1. The monoisotopic (exact) mass is 395 g/mol. The van der Waals surface area contributed by atoms with Crippen LogP contribution < -0.4 is 10.2 Å². The fraction of sp³-hybridized carbons (Fsp3) is 0.409. The first-order chi connectivity index (χ1) is 14.0. The first-order valence-corrected chi connectivity index (χ1v) is 10.1. The highest BCUT2D eigenvalue weighted by atomic mass is 19.1. The molecule has 2 aromatic heterocycles. The van der Waals surface area contributed by atoms with E-state index in [1.807, 2.05) is 32.0 Å². The number of nitrogens with zero attached hydrogens (tertiary/aromatic N) is 4. The molecule has 0 spiro atoms. The van der Waals surface area contributed by atoms with Gasteiger partial charge < -0.3 is 10.2 Å². The molecule has 1 saturated heterocycles. The Labute approximate surface area is 169 Å². The summed E-state index contributed by atoms with van der Waals surface area (Å²) < 4.78 is 15.9. The number of hydrogen-bond acceptors (Lipinski definition) is 4. The van der Waals surface area contributed by atoms with E-state index in [0.717, 1.165) is 36.2 Å². The highest BCUT2D eigenvalue weighted by molar-refractivity contribution is 5.90. The lowest BCUT2D eigenvalue weighted by Crippen LogP contribution is -2.36. The van der Waals surface area contributed by atoms with Gasteiger partial charge in [0.05, 0.1) is 12.2 Å². The van der Waals surface area contributed by atoms with Crippen molar-refractivity contribution < 1.29 is 9.18 Å². The van der Waals surface area contributed by atoms with Gasteiger partial charge in [0.2, 0.25) is 0 Å². The van der Waals surface area contributed by atoms with Gasteiger partial charge in [0.25, 0.3) is 0 Å². The number of nitrogens with one attached hydrogen (secondary N) is 1. The van der Waals surface area contributed by atoms with E-state index < -0.39 is 0 Å². The zero-order valence-electron chi connectivity index (χ0n) is 16.8. The van der Waals surface area contributed by atoms with E-state index in [0.29, 0.717) is 18.5 Å². The first kappa shape index (κ1) is 19.4. The lowest BCUT2D eigenvalue weighted by atomic mass is 10.1. The Morgan fingerprint density at radius 2 is 2.10 bits per heavy atom. The summed E-state index contributed by atoms with van der Waals surface area (Å²) in [6, 6.07) is 5.71. The molecule has 2 aliphatic heterocycles. The van der Waals surface area contributed by atoms with Gasteiger partial charge in [-0.3, -0.25) is 9.56 Å². The highest BCUT2D eigenvalue weighted by Crippen LogP contribution is 2.30. The van der Waals surface area contributed by atoms with Crippen LogP contribution >= 0.6 is 0 Å². The van der Waals surface area contributed by atoms with Crippen LogP contribution in [0, 0.1) is 0 Å². The number of hydrogen-bond donors (Lipinski definition) is 1. The zero-order chi connectivity index (χ0) is 20.4. The number of fused-ring (bicyclic) bond motifs is 3. The molecule has 2 aliphatic rings. The number of carbonyl (C=O) groups excluding carboxylic acids is 1. The maximum atomic E-state index is 14.3. The predicted molar refractivity (Wildman–Crippen MR) is 114 cm³/mol. The number of aromatic nitrogens is 2. The molecular weight excluding hydrogens is 369 g/mol. The molecule has 4 rings (SSSR count). The molecule has 1 fully saturated rings. The third-order valence-electron chi connectivity index (χ3n) is 5.58. The van der Waals surface area contributed by atoms with Crippen molar-refractivity contribution in [3.63, 3.8) is 0 Å². The summed E-state index contributed by atoms with van der Waals surface area (Å²) in [6.07, 6.45) is 9.57. The molecule has 2 unspecified atom stereocenters. The van der Waals surface area contributed by atoms with Gasteiger partial charge in [-0.15, -0.1) is 0 Å². The van der Waals surface area contributed by atoms with Crippen molar-refractivity contribution in [2.75, 3.05) is 11.4 Å². The summed E-state index contributed by atoms with van der Waals surface area (Å²) in [5.41, 5.74) is 1.58. The van der Waals surface area contributed by atoms with Crippen LogP contribution in [0.15, 0.2) is 53.1 Å². The number of rotatable bonds is 0. The quantitative estimate of drug-likeness (QED) is 0.711. The molecule has 29 heavy (non-hydrogen) atoms. The Morgan fingerprint density at radius 3 is 2.97 bits per heavy atom. The minimum Gasteiger partial charge on any atom is -0.350 e. The molecule has 7 heteroatoms. The van der Waals surface area contributed by atoms with Crippen LogP contribution in [-0.4, -0.2) is 40.4 Å². The smallest absolute Gasteiger partial charge is 0.327 e. The van der Waals surface area contributed by atoms with Gasteiger partial charge in [0.1, 0.15) is 11.6 Å². The Morgan fingerprint density at radius 1 is 1.24 bits per heavy atom. The van der Waals surface area contributed by atoms with Crippen molar-refractivity contribution in [3.05, 3.63) is 48.1 Å². The van der Waals surface area contributed by atoms with Gasteiger partial charge in [-0.1, -0.05) is 0 Å². The van der Waals surface area contributed by atoms with Gasteiger partial charge in [-0.05, 0) is 69.4 Å². The second-order valence-corrected chi connectivity index (χ2v) is 7.78. The second-order valence-electron chi connectivity index (χ2n) is 7.78. The van der Waals surface area contributed by atoms with Crippen molar-refractivity contribution in [2.45, 2.75) is 51.6 Å². The molecule has 2 bridgehead atoms. The van der Waals surface area contributed by atoms with Gasteiger partial charge in [0.15, 0.2) is 5.65 Å². The number of aliphatic imine (C=N–C) groups is 1. The van der Waals surface area contributed by atoms with Gasteiger partial charge in [-0.25, -0.2) is 14.2 Å². The second kappa shape index (κ2) is 8.19. The molecule has 1 amide bonds. The Hall–Kier alpha value is -2.96. The summed E-state index contributed by atoms with van der Waals surface area (Å²) in [4.78, 5) is 23.8. The van der Waals surface area contributed by atoms with Crippen LogP contribution in [0.5, 0.6) is 0 Å². The molecule has 1 N–H and O–H groups in total. The van der Waals surface area contributed by atoms with E-state index in [-0.39, 0.29) is 23.9 Å². The number of allylic oxidation sites excluding steroid dienone is 2. The average Bonchev–Trinajstić information content (AvgIpc) is 3.33. The highest BCUT2D eigenvalue weighted by Gasteiger charge is 2.27. The minimum absolute atomic E-state index is 0.0378. The standard InChI is InChI=1S/C22H26FN5O/c1-15-13-18(23)14-24-10-3-5-16(2)25-22(29)28-12-9-17-7-8-20(26-21(17)28)27-11-4-6-19(15)27/h7-10,12-14,16,19H,3-6,11H2,1-2H3,(H,25,29)/b15-13+,18-14+,24-10+. The van der Waals surface area contributed by atoms with Gasteiger partial charge in [-0.2, -0.15) is 0 Å². The summed E-state index contributed by atoms with van der Waals surface area (Å²) in [5.74, 6) is 0.453. The lowest BCUT2D eigenvalue weighted by molar-refractivity contribution is 0.239. The van der Waals surface area contributed by atoms with E-state index in [9.17, 15) is 9.18 Å². The molecule has 152 valence electrons. The average molecular weight is 395 g/mol. The van der Waals surface area contributed by atoms with E-state index in [1.165, 1.54) is 6.20 Å². The van der Waals surface area contributed by atoms with Crippen molar-refractivity contribution in [1.82, 2.24) is 14.9 Å². The van der Waals surface area contributed by atoms with Crippen LogP contribution in [0.4, 0.5) is 15.0 Å². The molecule has 0 saturated carbocycles. The molecular formula is C22H26FN5O. The lowest BCUT2D eigenvalue weighted by Gasteiger charge is -2.26. The molecule has 2 atom stereocenters. The molecule has 4 heterocycles. The summed E-state index contributed by atoms with van der Waals surface area (Å²) in [6.45, 7) is 4.74. The van der Waals surface area contributed by atoms with Crippen LogP contribution in [-0.2, 0) is 0 Å². The van der Waals surface area contributed by atoms with Crippen LogP contribution in [0.1, 0.15) is 39.5 Å². The summed E-state index contributed by atoms with van der Waals surface area (Å²) >= 11 is 0. The molecule has 0 aromatic carbocycles. The largest absolute Gasteiger partial charge is 0.350 e. The van der Waals surface area contributed by atoms with Crippen LogP contribution in [0.3, 0.4) is 0 Å². The normalized spacial score (nSPS) is 28.2. The molecule has 2 aromatic rings. The number of carbonyl (C=O) groups is 1.